The lowest BCUT2D eigenvalue weighted by Crippen LogP contribution is -2.45. The molecule has 2 aromatic rings. The molecule has 2 aliphatic rings. The average molecular weight is 464 g/mol. The van der Waals surface area contributed by atoms with Gasteiger partial charge in [0.15, 0.2) is 0 Å². The smallest absolute Gasteiger partial charge is 0.234 e. The molecule has 4 rings (SSSR count). The molecule has 2 aromatic heterocycles. The van der Waals surface area contributed by atoms with Crippen molar-refractivity contribution in [3.8, 4) is 11.3 Å². The Bertz CT molecular complexity index is 983. The van der Waals surface area contributed by atoms with E-state index in [-0.39, 0.29) is 17.9 Å². The van der Waals surface area contributed by atoms with Crippen molar-refractivity contribution in [2.75, 3.05) is 31.1 Å². The highest BCUT2D eigenvalue weighted by Crippen LogP contribution is 2.32. The molecule has 0 spiro atoms. The summed E-state index contributed by atoms with van der Waals surface area (Å²) in [6, 6.07) is 5.81. The fourth-order valence-corrected chi connectivity index (χ4v) is 4.99. The number of carbonyl (C=O) groups is 1. The first-order valence-corrected chi connectivity index (χ1v) is 11.9. The number of amides is 1. The number of halogens is 1. The zero-order chi connectivity index (χ0) is 22.0. The van der Waals surface area contributed by atoms with Crippen LogP contribution in [0.2, 0.25) is 5.02 Å². The van der Waals surface area contributed by atoms with Gasteiger partial charge in [-0.1, -0.05) is 17.7 Å². The van der Waals surface area contributed by atoms with Crippen LogP contribution in [-0.4, -0.2) is 61.2 Å². The molecule has 0 bridgehead atoms. The van der Waals surface area contributed by atoms with Gasteiger partial charge in [0.1, 0.15) is 5.82 Å². The van der Waals surface area contributed by atoms with Gasteiger partial charge in [-0.2, -0.15) is 4.31 Å². The number of anilines is 1. The van der Waals surface area contributed by atoms with E-state index < -0.39 is 11.3 Å². The number of hydrogen-bond donors (Lipinski definition) is 2. The second kappa shape index (κ2) is 9.60. The Morgan fingerprint density at radius 3 is 2.71 bits per heavy atom. The highest BCUT2D eigenvalue weighted by molar-refractivity contribution is 7.76. The molecule has 10 heteroatoms. The third-order valence-corrected chi connectivity index (χ3v) is 7.09. The van der Waals surface area contributed by atoms with Gasteiger partial charge in [0.2, 0.25) is 17.2 Å². The highest BCUT2D eigenvalue weighted by Gasteiger charge is 2.31. The SMILES string of the molecule is Cc1cccnc1-c1cc(N2CCC(C(=O)N[C@H]3CCN(S(=O)O)C3)CC2)ncc1Cl. The van der Waals surface area contributed by atoms with Gasteiger partial charge < -0.3 is 10.2 Å². The molecular weight excluding hydrogens is 438 g/mol. The standard InChI is InChI=1S/C21H26ClN5O3S/c1-14-3-2-7-23-20(14)17-11-19(24-12-18(17)22)26-8-4-15(5-9-26)21(28)25-16-6-10-27(13-16)31(29)30/h2-3,7,11-12,15-16H,4-6,8-10,13H2,1H3,(H,25,28)(H,29,30)/t16-/m0/s1. The molecule has 0 saturated carbocycles. The number of nitrogens with zero attached hydrogens (tertiary/aromatic N) is 4. The van der Waals surface area contributed by atoms with Gasteiger partial charge in [0, 0.05) is 56.1 Å². The first kappa shape index (κ1) is 22.1. The van der Waals surface area contributed by atoms with Gasteiger partial charge in [-0.25, -0.2) is 9.19 Å². The van der Waals surface area contributed by atoms with Crippen molar-refractivity contribution >= 4 is 34.6 Å². The number of nitrogens with one attached hydrogen (secondary N) is 1. The summed E-state index contributed by atoms with van der Waals surface area (Å²) in [5.41, 5.74) is 2.75. The van der Waals surface area contributed by atoms with Crippen molar-refractivity contribution in [1.82, 2.24) is 19.6 Å². The molecule has 1 unspecified atom stereocenters. The second-order valence-electron chi connectivity index (χ2n) is 8.07. The van der Waals surface area contributed by atoms with Gasteiger partial charge in [-0.15, -0.1) is 0 Å². The lowest BCUT2D eigenvalue weighted by Gasteiger charge is -2.33. The largest absolute Gasteiger partial charge is 0.357 e. The number of aryl methyl sites for hydroxylation is 1. The van der Waals surface area contributed by atoms with Crippen LogP contribution in [0.25, 0.3) is 11.3 Å². The zero-order valence-corrected chi connectivity index (χ0v) is 18.9. The Balaban J connectivity index is 1.37. The number of carbonyl (C=O) groups excluding carboxylic acids is 1. The molecule has 31 heavy (non-hydrogen) atoms. The number of pyridine rings is 2. The summed E-state index contributed by atoms with van der Waals surface area (Å²) in [6.45, 7) is 4.39. The normalized spacial score (nSPS) is 21.3. The van der Waals surface area contributed by atoms with Crippen molar-refractivity contribution in [1.29, 1.82) is 0 Å². The van der Waals surface area contributed by atoms with E-state index in [9.17, 15) is 13.6 Å². The third-order valence-electron chi connectivity index (χ3n) is 6.01. The maximum atomic E-state index is 12.7. The first-order chi connectivity index (χ1) is 14.9. The molecule has 2 fully saturated rings. The number of hydrogen-bond acceptors (Lipinski definition) is 5. The van der Waals surface area contributed by atoms with Crippen LogP contribution in [0.4, 0.5) is 5.82 Å². The van der Waals surface area contributed by atoms with E-state index in [4.69, 9.17) is 11.6 Å². The minimum Gasteiger partial charge on any atom is -0.357 e. The van der Waals surface area contributed by atoms with Gasteiger partial charge in [0.05, 0.1) is 10.7 Å². The summed E-state index contributed by atoms with van der Waals surface area (Å²) < 4.78 is 21.8. The maximum Gasteiger partial charge on any atom is 0.234 e. The molecule has 0 radical (unpaired) electrons. The summed E-state index contributed by atoms with van der Waals surface area (Å²) in [6.07, 6.45) is 5.58. The van der Waals surface area contributed by atoms with Crippen LogP contribution in [0.3, 0.4) is 0 Å². The third kappa shape index (κ3) is 5.06. The van der Waals surface area contributed by atoms with E-state index in [1.165, 1.54) is 4.31 Å². The molecule has 0 aliphatic carbocycles. The lowest BCUT2D eigenvalue weighted by atomic mass is 9.95. The van der Waals surface area contributed by atoms with Gasteiger partial charge in [-0.3, -0.25) is 14.3 Å². The van der Waals surface area contributed by atoms with E-state index in [0.717, 1.165) is 48.6 Å². The highest BCUT2D eigenvalue weighted by atomic mass is 35.5. The number of aromatic nitrogens is 2. The second-order valence-corrected chi connectivity index (χ2v) is 9.45. The Labute approximate surface area is 189 Å². The zero-order valence-electron chi connectivity index (χ0n) is 17.3. The van der Waals surface area contributed by atoms with Crippen molar-refractivity contribution in [3.63, 3.8) is 0 Å². The topological polar surface area (TPSA) is 98.7 Å². The maximum absolute atomic E-state index is 12.7. The van der Waals surface area contributed by atoms with Crippen molar-refractivity contribution in [3.05, 3.63) is 41.2 Å². The van der Waals surface area contributed by atoms with E-state index in [2.05, 4.69) is 20.2 Å². The quantitative estimate of drug-likeness (QED) is 0.661. The Hall–Kier alpha value is -2.07. The molecule has 2 saturated heterocycles. The van der Waals surface area contributed by atoms with Crippen LogP contribution in [0.1, 0.15) is 24.8 Å². The van der Waals surface area contributed by atoms with Crippen LogP contribution < -0.4 is 10.2 Å². The summed E-state index contributed by atoms with van der Waals surface area (Å²) >= 11 is 4.43. The summed E-state index contributed by atoms with van der Waals surface area (Å²) in [5, 5.41) is 3.61. The molecule has 8 nitrogen and oxygen atoms in total. The molecule has 1 amide bonds. The van der Waals surface area contributed by atoms with Crippen LogP contribution >= 0.6 is 11.6 Å². The predicted octanol–water partition coefficient (Wildman–Crippen LogP) is 2.65. The summed E-state index contributed by atoms with van der Waals surface area (Å²) in [5.74, 6) is 0.805. The molecule has 2 atom stereocenters. The van der Waals surface area contributed by atoms with Crippen molar-refractivity contribution in [2.45, 2.75) is 32.2 Å². The van der Waals surface area contributed by atoms with E-state index >= 15 is 0 Å². The number of rotatable bonds is 5. The molecular formula is C21H26ClN5O3S. The van der Waals surface area contributed by atoms with Gasteiger partial charge in [0.25, 0.3) is 0 Å². The molecule has 0 aromatic carbocycles. The van der Waals surface area contributed by atoms with E-state index in [0.29, 0.717) is 24.5 Å². The predicted molar refractivity (Wildman–Crippen MR) is 121 cm³/mol. The van der Waals surface area contributed by atoms with Crippen molar-refractivity contribution < 1.29 is 13.6 Å². The molecule has 2 aliphatic heterocycles. The van der Waals surface area contributed by atoms with Crippen LogP contribution in [0.15, 0.2) is 30.6 Å². The van der Waals surface area contributed by atoms with Crippen LogP contribution in [-0.2, 0) is 16.1 Å². The van der Waals surface area contributed by atoms with Crippen LogP contribution in [0.5, 0.6) is 0 Å². The minimum absolute atomic E-state index is 0.0316. The van der Waals surface area contributed by atoms with E-state index in [1.54, 1.807) is 12.4 Å². The fourth-order valence-electron chi connectivity index (χ4n) is 4.23. The number of piperidine rings is 1. The fraction of sp³-hybridized carbons (Fsp3) is 0.476. The first-order valence-electron chi connectivity index (χ1n) is 10.4. The summed E-state index contributed by atoms with van der Waals surface area (Å²) in [7, 11) is 0. The average Bonchev–Trinajstić information content (AvgIpc) is 3.24. The van der Waals surface area contributed by atoms with E-state index in [1.807, 2.05) is 25.1 Å². The van der Waals surface area contributed by atoms with Crippen LogP contribution in [0, 0.1) is 12.8 Å². The van der Waals surface area contributed by atoms with Gasteiger partial charge in [-0.05, 0) is 43.9 Å². The lowest BCUT2D eigenvalue weighted by molar-refractivity contribution is -0.126. The minimum atomic E-state index is -1.97. The van der Waals surface area contributed by atoms with Gasteiger partial charge >= 0.3 is 0 Å². The molecule has 166 valence electrons. The monoisotopic (exact) mass is 463 g/mol. The Kier molecular flexibility index (Phi) is 6.86. The molecule has 2 N–H and O–H groups in total. The summed E-state index contributed by atoms with van der Waals surface area (Å²) in [4.78, 5) is 23.8. The Morgan fingerprint density at radius 1 is 1.26 bits per heavy atom. The Morgan fingerprint density at radius 2 is 2.03 bits per heavy atom. The van der Waals surface area contributed by atoms with Crippen molar-refractivity contribution in [2.24, 2.45) is 5.92 Å². The molecule has 4 heterocycles.